The molecule has 158 valence electrons. The normalized spacial score (nSPS) is 15.7. The third-order valence-electron chi connectivity index (χ3n) is 5.68. The molecule has 30 heavy (non-hydrogen) atoms. The fourth-order valence-electron chi connectivity index (χ4n) is 4.05. The predicted molar refractivity (Wildman–Crippen MR) is 120 cm³/mol. The van der Waals surface area contributed by atoms with Crippen LogP contribution in [0.1, 0.15) is 38.3 Å². The molecule has 7 heteroatoms. The molecule has 0 spiro atoms. The van der Waals surface area contributed by atoms with E-state index in [-0.39, 0.29) is 28.6 Å². The standard InChI is InChI=1S/C23H26FN3O2S/c1-15(2)27-20-8-7-19(13-21(20)30-23(27)29)25-22(28)17-9-11-26(12-10-17)14-16-3-5-18(24)6-4-16/h3-8,13,15,17H,9-12,14H2,1-2H3,(H,25,28). The van der Waals surface area contributed by atoms with Crippen molar-refractivity contribution >= 4 is 33.1 Å². The number of likely N-dealkylation sites (tertiary alicyclic amines) is 1. The Balaban J connectivity index is 1.35. The molecule has 0 bridgehead atoms. The highest BCUT2D eigenvalue weighted by Gasteiger charge is 2.25. The van der Waals surface area contributed by atoms with E-state index in [1.54, 1.807) is 4.57 Å². The van der Waals surface area contributed by atoms with Crippen LogP contribution in [-0.2, 0) is 11.3 Å². The molecular weight excluding hydrogens is 401 g/mol. The first-order chi connectivity index (χ1) is 14.4. The molecule has 1 aliphatic heterocycles. The number of nitrogens with zero attached hydrogens (tertiary/aromatic N) is 2. The van der Waals surface area contributed by atoms with Crippen LogP contribution < -0.4 is 10.2 Å². The minimum absolute atomic E-state index is 0.0239. The lowest BCUT2D eigenvalue weighted by Crippen LogP contribution is -2.37. The van der Waals surface area contributed by atoms with E-state index in [1.807, 2.05) is 44.2 Å². The average Bonchev–Trinajstić information content (AvgIpc) is 3.05. The van der Waals surface area contributed by atoms with E-state index < -0.39 is 0 Å². The van der Waals surface area contributed by atoms with Crippen molar-refractivity contribution in [2.45, 2.75) is 39.3 Å². The van der Waals surface area contributed by atoms with Gasteiger partial charge in [-0.1, -0.05) is 23.5 Å². The maximum absolute atomic E-state index is 13.1. The summed E-state index contributed by atoms with van der Waals surface area (Å²) in [5, 5.41) is 3.03. The first-order valence-corrected chi connectivity index (χ1v) is 11.1. The largest absolute Gasteiger partial charge is 0.326 e. The van der Waals surface area contributed by atoms with Crippen LogP contribution in [-0.4, -0.2) is 28.5 Å². The molecule has 1 aliphatic rings. The topological polar surface area (TPSA) is 54.3 Å². The number of rotatable bonds is 5. The molecular formula is C23H26FN3O2S. The van der Waals surface area contributed by atoms with Crippen LogP contribution in [0.2, 0.25) is 0 Å². The van der Waals surface area contributed by atoms with Crippen molar-refractivity contribution in [1.29, 1.82) is 0 Å². The number of hydrogen-bond acceptors (Lipinski definition) is 4. The van der Waals surface area contributed by atoms with Crippen molar-refractivity contribution in [3.05, 3.63) is 63.5 Å². The summed E-state index contributed by atoms with van der Waals surface area (Å²) in [5.41, 5.74) is 2.73. The van der Waals surface area contributed by atoms with E-state index in [2.05, 4.69) is 10.2 Å². The molecule has 0 atom stereocenters. The summed E-state index contributed by atoms with van der Waals surface area (Å²) in [5.74, 6) is -0.212. The molecule has 0 unspecified atom stereocenters. The highest BCUT2D eigenvalue weighted by atomic mass is 32.1. The number of piperidine rings is 1. The number of halogens is 1. The number of thiazole rings is 1. The summed E-state index contributed by atoms with van der Waals surface area (Å²) in [6.07, 6.45) is 1.60. The summed E-state index contributed by atoms with van der Waals surface area (Å²) in [4.78, 5) is 27.3. The summed E-state index contributed by atoms with van der Waals surface area (Å²) in [6.45, 7) is 6.44. The van der Waals surface area contributed by atoms with Gasteiger partial charge in [0.2, 0.25) is 5.91 Å². The third kappa shape index (κ3) is 4.47. The number of anilines is 1. The van der Waals surface area contributed by atoms with Gasteiger partial charge >= 0.3 is 4.87 Å². The molecule has 5 nitrogen and oxygen atoms in total. The number of amides is 1. The first-order valence-electron chi connectivity index (χ1n) is 10.3. The molecule has 0 aliphatic carbocycles. The Morgan fingerprint density at radius 1 is 1.17 bits per heavy atom. The third-order valence-corrected chi connectivity index (χ3v) is 6.59. The van der Waals surface area contributed by atoms with Gasteiger partial charge in [-0.15, -0.1) is 0 Å². The minimum atomic E-state index is -0.222. The van der Waals surface area contributed by atoms with Crippen molar-refractivity contribution in [3.63, 3.8) is 0 Å². The summed E-state index contributed by atoms with van der Waals surface area (Å²) < 4.78 is 15.7. The van der Waals surface area contributed by atoms with Crippen LogP contribution in [0.5, 0.6) is 0 Å². The van der Waals surface area contributed by atoms with Gasteiger partial charge in [0.05, 0.1) is 10.2 Å². The van der Waals surface area contributed by atoms with E-state index >= 15 is 0 Å². The SMILES string of the molecule is CC(C)n1c(=O)sc2cc(NC(=O)C3CCN(Cc4ccc(F)cc4)CC3)ccc21. The van der Waals surface area contributed by atoms with Gasteiger partial charge in [-0.2, -0.15) is 0 Å². The number of nitrogens with one attached hydrogen (secondary N) is 1. The van der Waals surface area contributed by atoms with Crippen molar-refractivity contribution in [2.75, 3.05) is 18.4 Å². The summed E-state index contributed by atoms with van der Waals surface area (Å²) in [7, 11) is 0. The van der Waals surface area contributed by atoms with E-state index in [1.165, 1.54) is 23.5 Å². The number of hydrogen-bond donors (Lipinski definition) is 1. The molecule has 4 rings (SSSR count). The number of carbonyl (C=O) groups is 1. The van der Waals surface area contributed by atoms with Gasteiger partial charge in [-0.05, 0) is 75.7 Å². The van der Waals surface area contributed by atoms with E-state index in [0.717, 1.165) is 53.9 Å². The molecule has 3 aromatic rings. The number of fused-ring (bicyclic) bond motifs is 1. The Labute approximate surface area is 179 Å². The fourth-order valence-corrected chi connectivity index (χ4v) is 5.10. The van der Waals surface area contributed by atoms with Gasteiger partial charge in [0.25, 0.3) is 0 Å². The van der Waals surface area contributed by atoms with Crippen LogP contribution in [0.15, 0.2) is 47.3 Å². The van der Waals surface area contributed by atoms with E-state index in [4.69, 9.17) is 0 Å². The van der Waals surface area contributed by atoms with Gasteiger partial charge in [-0.25, -0.2) is 4.39 Å². The molecule has 1 fully saturated rings. The fraction of sp³-hybridized carbons (Fsp3) is 0.391. The highest BCUT2D eigenvalue weighted by molar-refractivity contribution is 7.16. The second-order valence-electron chi connectivity index (χ2n) is 8.18. The van der Waals surface area contributed by atoms with Crippen molar-refractivity contribution in [2.24, 2.45) is 5.92 Å². The van der Waals surface area contributed by atoms with Crippen molar-refractivity contribution < 1.29 is 9.18 Å². The van der Waals surface area contributed by atoms with Crippen LogP contribution in [0.25, 0.3) is 10.2 Å². The Bertz CT molecular complexity index is 1100. The zero-order valence-corrected chi connectivity index (χ0v) is 18.0. The monoisotopic (exact) mass is 427 g/mol. The lowest BCUT2D eigenvalue weighted by Gasteiger charge is -2.31. The van der Waals surface area contributed by atoms with Crippen LogP contribution in [0.4, 0.5) is 10.1 Å². The number of aromatic nitrogens is 1. The smallest absolute Gasteiger partial charge is 0.308 e. The molecule has 2 aromatic carbocycles. The van der Waals surface area contributed by atoms with Crippen molar-refractivity contribution in [3.8, 4) is 0 Å². The Morgan fingerprint density at radius 3 is 2.53 bits per heavy atom. The first kappa shape index (κ1) is 20.8. The van der Waals surface area contributed by atoms with E-state index in [9.17, 15) is 14.0 Å². The molecule has 0 saturated carbocycles. The van der Waals surface area contributed by atoms with Gasteiger partial charge in [0.1, 0.15) is 5.82 Å². The van der Waals surface area contributed by atoms with Crippen LogP contribution in [0.3, 0.4) is 0 Å². The van der Waals surface area contributed by atoms with Gasteiger partial charge < -0.3 is 5.32 Å². The average molecular weight is 428 g/mol. The number of benzene rings is 2. The summed E-state index contributed by atoms with van der Waals surface area (Å²) in [6, 6.07) is 12.4. The van der Waals surface area contributed by atoms with Gasteiger partial charge in [0.15, 0.2) is 0 Å². The second kappa shape index (κ2) is 8.70. The van der Waals surface area contributed by atoms with E-state index in [0.29, 0.717) is 0 Å². The lowest BCUT2D eigenvalue weighted by molar-refractivity contribution is -0.121. The molecule has 1 amide bonds. The Kier molecular flexibility index (Phi) is 6.01. The summed E-state index contributed by atoms with van der Waals surface area (Å²) >= 11 is 1.21. The quantitative estimate of drug-likeness (QED) is 0.646. The zero-order valence-electron chi connectivity index (χ0n) is 17.2. The molecule has 2 heterocycles. The predicted octanol–water partition coefficient (Wildman–Crippen LogP) is 4.63. The maximum atomic E-state index is 13.1. The van der Waals surface area contributed by atoms with Crippen LogP contribution in [0, 0.1) is 11.7 Å². The maximum Gasteiger partial charge on any atom is 0.308 e. The zero-order chi connectivity index (χ0) is 21.3. The van der Waals surface area contributed by atoms with Gasteiger partial charge in [-0.3, -0.25) is 19.1 Å². The second-order valence-corrected chi connectivity index (χ2v) is 9.17. The Morgan fingerprint density at radius 2 is 1.87 bits per heavy atom. The van der Waals surface area contributed by atoms with Crippen molar-refractivity contribution in [1.82, 2.24) is 9.47 Å². The van der Waals surface area contributed by atoms with Gasteiger partial charge in [0, 0.05) is 24.2 Å². The molecule has 1 aromatic heterocycles. The lowest BCUT2D eigenvalue weighted by atomic mass is 9.95. The highest BCUT2D eigenvalue weighted by Crippen LogP contribution is 2.26. The number of carbonyl (C=O) groups excluding carboxylic acids is 1. The molecule has 0 radical (unpaired) electrons. The minimum Gasteiger partial charge on any atom is -0.326 e. The molecule has 1 N–H and O–H groups in total. The molecule has 1 saturated heterocycles. The van der Waals surface area contributed by atoms with Crippen LogP contribution >= 0.6 is 11.3 Å². The Hall–Kier alpha value is -2.51.